The molecule has 3 aromatic rings. The Morgan fingerprint density at radius 1 is 0.935 bits per heavy atom. The number of aliphatic hydroxyl groups excluding tert-OH is 4. The van der Waals surface area contributed by atoms with Crippen LogP contribution in [-0.4, -0.2) is 68.0 Å². The Balaban J connectivity index is 1.71. The van der Waals surface area contributed by atoms with Gasteiger partial charge in [0.2, 0.25) is 6.29 Å². The van der Waals surface area contributed by atoms with E-state index in [4.69, 9.17) is 13.9 Å². The van der Waals surface area contributed by atoms with E-state index in [1.807, 2.05) is 0 Å². The van der Waals surface area contributed by atoms with E-state index in [-0.39, 0.29) is 28.2 Å². The van der Waals surface area contributed by atoms with E-state index in [0.717, 1.165) is 6.07 Å². The molecule has 2 heterocycles. The minimum atomic E-state index is -1.65. The first-order chi connectivity index (χ1) is 14.8. The van der Waals surface area contributed by atoms with Gasteiger partial charge in [-0.2, -0.15) is 0 Å². The van der Waals surface area contributed by atoms with E-state index in [2.05, 4.69) is 0 Å². The first-order valence-corrected chi connectivity index (χ1v) is 9.36. The lowest BCUT2D eigenvalue weighted by Crippen LogP contribution is -2.60. The fraction of sp³-hybridized carbons (Fsp3) is 0.286. The molecule has 1 aliphatic heterocycles. The number of benzene rings is 2. The summed E-state index contributed by atoms with van der Waals surface area (Å²) in [6, 6.07) is 9.56. The standard InChI is InChI=1S/C21H20O10/c22-8-16-18(26)19(27)20(28)21(31-16)29-11-5-12(24)17-13(25)7-14(30-15(17)6-11)9-1-3-10(23)4-2-9/h1-7,16,18-24,26-28H,8H2/t16-,18+,19+,20-,21-/m1/s1. The summed E-state index contributed by atoms with van der Waals surface area (Å²) < 4.78 is 16.5. The summed E-state index contributed by atoms with van der Waals surface area (Å²) in [5, 5.41) is 58.8. The van der Waals surface area contributed by atoms with Crippen molar-refractivity contribution >= 4 is 11.0 Å². The smallest absolute Gasteiger partial charge is 0.229 e. The third-order valence-electron chi connectivity index (χ3n) is 5.04. The van der Waals surface area contributed by atoms with Crippen LogP contribution < -0.4 is 10.2 Å². The lowest BCUT2D eigenvalue weighted by Gasteiger charge is -2.39. The van der Waals surface area contributed by atoms with Gasteiger partial charge in [0.15, 0.2) is 5.43 Å². The average Bonchev–Trinajstić information content (AvgIpc) is 2.74. The molecule has 5 atom stereocenters. The Kier molecular flexibility index (Phi) is 5.56. The van der Waals surface area contributed by atoms with E-state index < -0.39 is 48.5 Å². The zero-order chi connectivity index (χ0) is 22.3. The van der Waals surface area contributed by atoms with Gasteiger partial charge >= 0.3 is 0 Å². The molecule has 0 spiro atoms. The lowest BCUT2D eigenvalue weighted by atomic mass is 9.99. The van der Waals surface area contributed by atoms with Gasteiger partial charge in [0, 0.05) is 23.8 Å². The molecule has 1 fully saturated rings. The van der Waals surface area contributed by atoms with Crippen LogP contribution in [0.5, 0.6) is 17.2 Å². The average molecular weight is 432 g/mol. The van der Waals surface area contributed by atoms with Crippen molar-refractivity contribution in [2.45, 2.75) is 30.7 Å². The summed E-state index contributed by atoms with van der Waals surface area (Å²) in [5.41, 5.74) is -0.0204. The van der Waals surface area contributed by atoms with Gasteiger partial charge in [-0.15, -0.1) is 0 Å². The maximum absolute atomic E-state index is 12.5. The van der Waals surface area contributed by atoms with Crippen LogP contribution in [0.25, 0.3) is 22.3 Å². The Bertz CT molecular complexity index is 1140. The van der Waals surface area contributed by atoms with E-state index in [9.17, 15) is 35.4 Å². The van der Waals surface area contributed by atoms with Crippen LogP contribution in [0.4, 0.5) is 0 Å². The molecule has 10 nitrogen and oxygen atoms in total. The van der Waals surface area contributed by atoms with Crippen molar-refractivity contribution in [3.05, 3.63) is 52.7 Å². The van der Waals surface area contributed by atoms with Crippen molar-refractivity contribution in [3.8, 4) is 28.6 Å². The van der Waals surface area contributed by atoms with Gasteiger partial charge < -0.3 is 44.5 Å². The molecule has 0 bridgehead atoms. The SMILES string of the molecule is O=c1cc(-c2ccc(O)cc2)oc2cc(O[C@@H]3O[C@H](CO)[C@H](O)[C@H](O)[C@H]3O)cc(O)c12. The van der Waals surface area contributed by atoms with Crippen LogP contribution in [0.3, 0.4) is 0 Å². The fourth-order valence-electron chi connectivity index (χ4n) is 3.38. The molecule has 0 radical (unpaired) electrons. The highest BCUT2D eigenvalue weighted by atomic mass is 16.7. The number of aliphatic hydroxyl groups is 4. The van der Waals surface area contributed by atoms with Crippen LogP contribution in [0, 0.1) is 0 Å². The van der Waals surface area contributed by atoms with Crippen molar-refractivity contribution in [1.82, 2.24) is 0 Å². The number of hydrogen-bond acceptors (Lipinski definition) is 10. The van der Waals surface area contributed by atoms with Gasteiger partial charge in [-0.3, -0.25) is 4.79 Å². The van der Waals surface area contributed by atoms with Crippen LogP contribution in [0.15, 0.2) is 51.7 Å². The molecule has 1 aromatic heterocycles. The monoisotopic (exact) mass is 432 g/mol. The molecule has 6 N–H and O–H groups in total. The molecular weight excluding hydrogens is 412 g/mol. The first kappa shape index (κ1) is 21.1. The van der Waals surface area contributed by atoms with Crippen LogP contribution in [-0.2, 0) is 4.74 Å². The number of phenolic OH excluding ortho intramolecular Hbond substituents is 2. The Morgan fingerprint density at radius 2 is 1.65 bits per heavy atom. The number of phenols is 2. The second-order valence-corrected chi connectivity index (χ2v) is 7.15. The third-order valence-corrected chi connectivity index (χ3v) is 5.04. The second kappa shape index (κ2) is 8.17. The molecule has 0 unspecified atom stereocenters. The Hall–Kier alpha value is -3.15. The predicted molar refractivity (Wildman–Crippen MR) is 106 cm³/mol. The number of rotatable bonds is 4. The molecule has 2 aromatic carbocycles. The van der Waals surface area contributed by atoms with E-state index >= 15 is 0 Å². The molecule has 10 heteroatoms. The topological polar surface area (TPSA) is 170 Å². The summed E-state index contributed by atoms with van der Waals surface area (Å²) in [4.78, 5) is 12.5. The molecule has 1 saturated heterocycles. The van der Waals surface area contributed by atoms with E-state index in [1.165, 1.54) is 24.3 Å². The highest BCUT2D eigenvalue weighted by Crippen LogP contribution is 2.33. The lowest BCUT2D eigenvalue weighted by molar-refractivity contribution is -0.277. The van der Waals surface area contributed by atoms with Gasteiger partial charge in [0.05, 0.1) is 6.61 Å². The predicted octanol–water partition coefficient (Wildman–Crippen LogP) is 0.0499. The molecule has 4 rings (SSSR count). The van der Waals surface area contributed by atoms with Gasteiger partial charge in [0.25, 0.3) is 0 Å². The summed E-state index contributed by atoms with van der Waals surface area (Å²) in [7, 11) is 0. The second-order valence-electron chi connectivity index (χ2n) is 7.15. The van der Waals surface area contributed by atoms with Crippen LogP contribution >= 0.6 is 0 Å². The number of fused-ring (bicyclic) bond motifs is 1. The fourth-order valence-corrected chi connectivity index (χ4v) is 3.38. The highest BCUT2D eigenvalue weighted by molar-refractivity contribution is 5.86. The van der Waals surface area contributed by atoms with Gasteiger partial charge in [-0.05, 0) is 24.3 Å². The van der Waals surface area contributed by atoms with Crippen molar-refractivity contribution in [2.75, 3.05) is 6.61 Å². The minimum Gasteiger partial charge on any atom is -0.508 e. The molecule has 31 heavy (non-hydrogen) atoms. The summed E-state index contributed by atoms with van der Waals surface area (Å²) in [6.07, 6.45) is -7.47. The molecule has 164 valence electrons. The largest absolute Gasteiger partial charge is 0.508 e. The minimum absolute atomic E-state index is 0.0184. The normalized spacial score (nSPS) is 26.1. The number of hydrogen-bond donors (Lipinski definition) is 6. The van der Waals surface area contributed by atoms with Gasteiger partial charge in [-0.1, -0.05) is 0 Å². The number of ether oxygens (including phenoxy) is 2. The molecule has 1 aliphatic rings. The van der Waals surface area contributed by atoms with Crippen LogP contribution in [0.2, 0.25) is 0 Å². The molecular formula is C21H20O10. The summed E-state index contributed by atoms with van der Waals surface area (Å²) in [6.45, 7) is -0.626. The molecule has 0 saturated carbocycles. The van der Waals surface area contributed by atoms with Crippen LogP contribution in [0.1, 0.15) is 0 Å². The Labute approximate surface area is 174 Å². The highest BCUT2D eigenvalue weighted by Gasteiger charge is 2.44. The summed E-state index contributed by atoms with van der Waals surface area (Å²) >= 11 is 0. The molecule has 0 aliphatic carbocycles. The van der Waals surface area contributed by atoms with Crippen molar-refractivity contribution in [2.24, 2.45) is 0 Å². The van der Waals surface area contributed by atoms with Crippen molar-refractivity contribution < 1.29 is 44.5 Å². The first-order valence-electron chi connectivity index (χ1n) is 9.36. The quantitative estimate of drug-likeness (QED) is 0.331. The number of aromatic hydroxyl groups is 2. The Morgan fingerprint density at radius 3 is 2.32 bits per heavy atom. The van der Waals surface area contributed by atoms with E-state index in [0.29, 0.717) is 5.56 Å². The van der Waals surface area contributed by atoms with Gasteiger partial charge in [-0.25, -0.2) is 0 Å². The third kappa shape index (κ3) is 3.94. The maximum atomic E-state index is 12.5. The zero-order valence-corrected chi connectivity index (χ0v) is 16.0. The van der Waals surface area contributed by atoms with Crippen molar-refractivity contribution in [3.63, 3.8) is 0 Å². The van der Waals surface area contributed by atoms with Crippen molar-refractivity contribution in [1.29, 1.82) is 0 Å². The zero-order valence-electron chi connectivity index (χ0n) is 16.0. The summed E-state index contributed by atoms with van der Waals surface area (Å²) in [5.74, 6) is -0.273. The molecule has 0 amide bonds. The van der Waals surface area contributed by atoms with Gasteiger partial charge in [0.1, 0.15) is 58.4 Å². The van der Waals surface area contributed by atoms with E-state index in [1.54, 1.807) is 12.1 Å². The maximum Gasteiger partial charge on any atom is 0.229 e.